The molecule has 0 saturated heterocycles. The molecule has 1 heterocycles. The zero-order valence-electron chi connectivity index (χ0n) is 36.1. The Morgan fingerprint density at radius 2 is 0.937 bits per heavy atom. The van der Waals surface area contributed by atoms with Gasteiger partial charge in [-0.1, -0.05) is 140 Å². The molecule has 3 nitrogen and oxygen atoms in total. The SMILES string of the molecule is Cc1ccccc1N(c1ccccc1-c1ccccc1)c1ccc2cc3c(cc2c1C)oc1cc2c(C)c(N(c4ccccc4C)c4ccccc4C4C=CC=CC4)ccc2cc13. The molecule has 9 aromatic carbocycles. The predicted octanol–water partition coefficient (Wildman–Crippen LogP) is 17.3. The number of hydrogen-bond acceptors (Lipinski definition) is 3. The van der Waals surface area contributed by atoms with Gasteiger partial charge in [0.05, 0.1) is 5.69 Å². The summed E-state index contributed by atoms with van der Waals surface area (Å²) in [4.78, 5) is 4.91. The largest absolute Gasteiger partial charge is 0.456 e. The lowest BCUT2D eigenvalue weighted by molar-refractivity contribution is 0.670. The fourth-order valence-corrected chi connectivity index (χ4v) is 9.93. The van der Waals surface area contributed by atoms with E-state index in [9.17, 15) is 0 Å². The standard InChI is InChI=1S/C60H48N2O/c1-39-19-11-15-27-53(39)61(57-29-17-13-25-47(57)43-21-7-5-8-22-43)55-33-31-45-35-51-52-36-46-32-34-56(42(4)50(46)38-60(52)63-59(51)37-49(45)41(55)3)62(54-28-16-12-20-40(54)2)58-30-18-14-26-48(58)44-23-9-6-10-24-44/h5-23,25-38,44H,24H2,1-4H3. The highest BCUT2D eigenvalue weighted by molar-refractivity contribution is 6.15. The van der Waals surface area contributed by atoms with Gasteiger partial charge in [0.1, 0.15) is 11.2 Å². The first-order valence-electron chi connectivity index (χ1n) is 22.0. The summed E-state index contributed by atoms with van der Waals surface area (Å²) < 4.78 is 6.89. The average Bonchev–Trinajstić information content (AvgIpc) is 3.67. The maximum absolute atomic E-state index is 6.89. The van der Waals surface area contributed by atoms with Crippen LogP contribution in [0.5, 0.6) is 0 Å². The van der Waals surface area contributed by atoms with Crippen LogP contribution in [0.25, 0.3) is 54.6 Å². The highest BCUT2D eigenvalue weighted by Crippen LogP contribution is 2.48. The Balaban J connectivity index is 1.06. The highest BCUT2D eigenvalue weighted by Gasteiger charge is 2.25. The van der Waals surface area contributed by atoms with Crippen molar-refractivity contribution in [2.45, 2.75) is 40.0 Å². The van der Waals surface area contributed by atoms with Crippen molar-refractivity contribution in [3.8, 4) is 11.1 Å². The van der Waals surface area contributed by atoms with E-state index in [0.29, 0.717) is 5.92 Å². The molecule has 1 aliphatic carbocycles. The molecular formula is C60H48N2O. The Morgan fingerprint density at radius 3 is 1.51 bits per heavy atom. The second kappa shape index (κ2) is 15.7. The maximum atomic E-state index is 6.89. The molecule has 1 aromatic heterocycles. The van der Waals surface area contributed by atoms with E-state index >= 15 is 0 Å². The molecule has 3 heteroatoms. The summed E-state index contributed by atoms with van der Waals surface area (Å²) in [6.07, 6.45) is 9.92. The third kappa shape index (κ3) is 6.60. The van der Waals surface area contributed by atoms with E-state index in [1.165, 1.54) is 71.9 Å². The number of benzene rings is 9. The van der Waals surface area contributed by atoms with Crippen LogP contribution in [0.2, 0.25) is 0 Å². The van der Waals surface area contributed by atoms with Crippen LogP contribution in [-0.4, -0.2) is 0 Å². The van der Waals surface area contributed by atoms with E-state index in [2.05, 4.69) is 238 Å². The van der Waals surface area contributed by atoms with Gasteiger partial charge >= 0.3 is 0 Å². The minimum atomic E-state index is 0.305. The van der Waals surface area contributed by atoms with Crippen LogP contribution in [0, 0.1) is 27.7 Å². The number of allylic oxidation sites excluding steroid dienone is 4. The molecule has 1 atom stereocenters. The van der Waals surface area contributed by atoms with E-state index in [4.69, 9.17) is 4.42 Å². The lowest BCUT2D eigenvalue weighted by Crippen LogP contribution is -2.16. The minimum absolute atomic E-state index is 0.305. The Hall–Kier alpha value is -7.62. The van der Waals surface area contributed by atoms with Crippen LogP contribution in [0.3, 0.4) is 0 Å². The molecule has 0 saturated carbocycles. The Labute approximate surface area is 369 Å². The number of aryl methyl sites for hydroxylation is 4. The van der Waals surface area contributed by atoms with E-state index in [1.807, 2.05) is 0 Å². The van der Waals surface area contributed by atoms with Gasteiger partial charge in [-0.3, -0.25) is 0 Å². The number of para-hydroxylation sites is 4. The fraction of sp³-hybridized carbons (Fsp3) is 0.100. The number of nitrogens with zero attached hydrogens (tertiary/aromatic N) is 2. The lowest BCUT2D eigenvalue weighted by Gasteiger charge is -2.32. The molecule has 63 heavy (non-hydrogen) atoms. The van der Waals surface area contributed by atoms with Gasteiger partial charge in [0.15, 0.2) is 0 Å². The van der Waals surface area contributed by atoms with E-state index < -0.39 is 0 Å². The minimum Gasteiger partial charge on any atom is -0.456 e. The molecule has 0 N–H and O–H groups in total. The van der Waals surface area contributed by atoms with Crippen LogP contribution in [0.15, 0.2) is 205 Å². The highest BCUT2D eigenvalue weighted by atomic mass is 16.3. The van der Waals surface area contributed by atoms with Crippen LogP contribution >= 0.6 is 0 Å². The van der Waals surface area contributed by atoms with E-state index in [0.717, 1.165) is 51.1 Å². The second-order valence-electron chi connectivity index (χ2n) is 17.0. The van der Waals surface area contributed by atoms with E-state index in [1.54, 1.807) is 0 Å². The first kappa shape index (κ1) is 38.3. The average molecular weight is 813 g/mol. The molecule has 0 aliphatic heterocycles. The summed E-state index contributed by atoms with van der Waals surface area (Å²) in [5.41, 5.74) is 17.3. The summed E-state index contributed by atoms with van der Waals surface area (Å²) in [6.45, 7) is 8.92. The Kier molecular flexibility index (Phi) is 9.54. The quantitative estimate of drug-likeness (QED) is 0.152. The first-order valence-corrected chi connectivity index (χ1v) is 22.0. The molecule has 0 spiro atoms. The van der Waals surface area contributed by atoms with Crippen molar-refractivity contribution in [2.75, 3.05) is 9.80 Å². The molecule has 0 amide bonds. The summed E-state index contributed by atoms with van der Waals surface area (Å²) >= 11 is 0. The molecule has 0 fully saturated rings. The summed E-state index contributed by atoms with van der Waals surface area (Å²) in [5.74, 6) is 0.305. The predicted molar refractivity (Wildman–Crippen MR) is 268 cm³/mol. The van der Waals surface area contributed by atoms with Crippen molar-refractivity contribution in [3.63, 3.8) is 0 Å². The third-order valence-electron chi connectivity index (χ3n) is 13.2. The van der Waals surface area contributed by atoms with Crippen LogP contribution in [0.1, 0.15) is 40.2 Å². The molecule has 10 aromatic rings. The molecule has 304 valence electrons. The topological polar surface area (TPSA) is 19.6 Å². The van der Waals surface area contributed by atoms with Crippen molar-refractivity contribution >= 4 is 77.6 Å². The zero-order valence-corrected chi connectivity index (χ0v) is 36.1. The van der Waals surface area contributed by atoms with E-state index in [-0.39, 0.29) is 0 Å². The van der Waals surface area contributed by atoms with Gasteiger partial charge in [-0.05, 0) is 150 Å². The van der Waals surface area contributed by atoms with Crippen LogP contribution in [-0.2, 0) is 0 Å². The van der Waals surface area contributed by atoms with Crippen molar-refractivity contribution in [3.05, 3.63) is 228 Å². The first-order chi connectivity index (χ1) is 30.9. The summed E-state index contributed by atoms with van der Waals surface area (Å²) in [5, 5.41) is 7.00. The van der Waals surface area contributed by atoms with Crippen molar-refractivity contribution in [2.24, 2.45) is 0 Å². The molecular weight excluding hydrogens is 765 g/mol. The Morgan fingerprint density at radius 1 is 0.429 bits per heavy atom. The lowest BCUT2D eigenvalue weighted by atomic mass is 9.90. The van der Waals surface area contributed by atoms with Gasteiger partial charge in [0.2, 0.25) is 0 Å². The fourth-order valence-electron chi connectivity index (χ4n) is 9.93. The van der Waals surface area contributed by atoms with Gasteiger partial charge in [-0.15, -0.1) is 0 Å². The van der Waals surface area contributed by atoms with Crippen LogP contribution < -0.4 is 9.80 Å². The molecule has 1 unspecified atom stereocenters. The number of anilines is 6. The third-order valence-corrected chi connectivity index (χ3v) is 13.2. The zero-order chi connectivity index (χ0) is 42.6. The smallest absolute Gasteiger partial charge is 0.136 e. The summed E-state index contributed by atoms with van der Waals surface area (Å²) in [7, 11) is 0. The monoisotopic (exact) mass is 812 g/mol. The van der Waals surface area contributed by atoms with Crippen molar-refractivity contribution in [1.29, 1.82) is 0 Å². The van der Waals surface area contributed by atoms with Gasteiger partial charge in [0.25, 0.3) is 0 Å². The number of hydrogen-bond donors (Lipinski definition) is 0. The van der Waals surface area contributed by atoms with Gasteiger partial charge in [0, 0.05) is 50.7 Å². The normalized spacial score (nSPS) is 13.7. The number of fused-ring (bicyclic) bond motifs is 5. The van der Waals surface area contributed by atoms with Crippen molar-refractivity contribution < 1.29 is 4.42 Å². The number of rotatable bonds is 8. The summed E-state index contributed by atoms with van der Waals surface area (Å²) in [6, 6.07) is 64.1. The second-order valence-corrected chi connectivity index (χ2v) is 17.0. The Bertz CT molecular complexity index is 3440. The molecule has 0 bridgehead atoms. The van der Waals surface area contributed by atoms with Gasteiger partial charge in [-0.25, -0.2) is 0 Å². The maximum Gasteiger partial charge on any atom is 0.136 e. The number of furan rings is 1. The van der Waals surface area contributed by atoms with Crippen LogP contribution in [0.4, 0.5) is 34.1 Å². The molecule has 1 aliphatic rings. The molecule has 11 rings (SSSR count). The molecule has 0 radical (unpaired) electrons. The van der Waals surface area contributed by atoms with Gasteiger partial charge in [-0.2, -0.15) is 0 Å². The van der Waals surface area contributed by atoms with Gasteiger partial charge < -0.3 is 14.2 Å². The van der Waals surface area contributed by atoms with Crippen molar-refractivity contribution in [1.82, 2.24) is 0 Å².